The fourth-order valence-electron chi connectivity index (χ4n) is 3.29. The Labute approximate surface area is 168 Å². The van der Waals surface area contributed by atoms with E-state index in [-0.39, 0.29) is 17.2 Å². The first-order valence-electron chi connectivity index (χ1n) is 9.57. The van der Waals surface area contributed by atoms with Crippen molar-refractivity contribution >= 4 is 16.8 Å². The third kappa shape index (κ3) is 4.27. The second-order valence-corrected chi connectivity index (χ2v) is 7.07. The Balaban J connectivity index is 1.42. The Morgan fingerprint density at radius 2 is 1.86 bits per heavy atom. The molecule has 6 nitrogen and oxygen atoms in total. The van der Waals surface area contributed by atoms with Gasteiger partial charge in [-0.05, 0) is 36.6 Å². The maximum atomic E-state index is 12.5. The highest BCUT2D eigenvalue weighted by Gasteiger charge is 2.10. The van der Waals surface area contributed by atoms with Crippen molar-refractivity contribution in [1.82, 2.24) is 20.1 Å². The first-order chi connectivity index (χ1) is 14.1. The Morgan fingerprint density at radius 3 is 2.69 bits per heavy atom. The van der Waals surface area contributed by atoms with Crippen molar-refractivity contribution in [1.29, 1.82) is 0 Å². The molecule has 4 rings (SSSR count). The van der Waals surface area contributed by atoms with E-state index in [0.717, 1.165) is 27.6 Å². The predicted octanol–water partition coefficient (Wildman–Crippen LogP) is 3.05. The SMILES string of the molecule is Cc1ccc(Cn2nc(C(=O)NCCc3c[nH]c4ccccc34)ccc2=O)cc1. The second-order valence-electron chi connectivity index (χ2n) is 7.07. The van der Waals surface area contributed by atoms with Gasteiger partial charge >= 0.3 is 0 Å². The van der Waals surface area contributed by atoms with Gasteiger partial charge < -0.3 is 10.3 Å². The van der Waals surface area contributed by atoms with E-state index in [4.69, 9.17) is 0 Å². The van der Waals surface area contributed by atoms with Crippen LogP contribution in [0.2, 0.25) is 0 Å². The normalized spacial score (nSPS) is 10.9. The number of aryl methyl sites for hydroxylation is 1. The summed E-state index contributed by atoms with van der Waals surface area (Å²) in [6.45, 7) is 2.82. The number of H-pyrrole nitrogens is 1. The van der Waals surface area contributed by atoms with Crippen LogP contribution >= 0.6 is 0 Å². The minimum absolute atomic E-state index is 0.232. The largest absolute Gasteiger partial charge is 0.361 e. The summed E-state index contributed by atoms with van der Waals surface area (Å²) in [5.41, 5.74) is 4.34. The highest BCUT2D eigenvalue weighted by molar-refractivity contribution is 5.92. The summed E-state index contributed by atoms with van der Waals surface area (Å²) in [6, 6.07) is 18.8. The number of amides is 1. The van der Waals surface area contributed by atoms with Crippen LogP contribution in [0, 0.1) is 6.92 Å². The maximum absolute atomic E-state index is 12.5. The lowest BCUT2D eigenvalue weighted by atomic mass is 10.1. The summed E-state index contributed by atoms with van der Waals surface area (Å²) in [7, 11) is 0. The summed E-state index contributed by atoms with van der Waals surface area (Å²) in [4.78, 5) is 27.9. The number of rotatable bonds is 6. The van der Waals surface area contributed by atoms with Gasteiger partial charge in [-0.25, -0.2) is 4.68 Å². The molecule has 0 radical (unpaired) electrons. The maximum Gasteiger partial charge on any atom is 0.271 e. The van der Waals surface area contributed by atoms with Crippen LogP contribution in [0.5, 0.6) is 0 Å². The van der Waals surface area contributed by atoms with Gasteiger partial charge in [0, 0.05) is 29.7 Å². The van der Waals surface area contributed by atoms with Gasteiger partial charge in [-0.15, -0.1) is 0 Å². The molecule has 0 aliphatic rings. The molecule has 29 heavy (non-hydrogen) atoms. The average Bonchev–Trinajstić information content (AvgIpc) is 3.14. The zero-order valence-electron chi connectivity index (χ0n) is 16.2. The summed E-state index contributed by atoms with van der Waals surface area (Å²) in [5.74, 6) is -0.289. The highest BCUT2D eigenvalue weighted by atomic mass is 16.2. The van der Waals surface area contributed by atoms with Crippen LogP contribution in [0.3, 0.4) is 0 Å². The number of aromatic nitrogens is 3. The zero-order valence-corrected chi connectivity index (χ0v) is 16.2. The molecular formula is C23H22N4O2. The molecule has 2 heterocycles. The number of benzene rings is 2. The summed E-state index contributed by atoms with van der Waals surface area (Å²) in [6.07, 6.45) is 2.68. The molecule has 2 aromatic heterocycles. The molecular weight excluding hydrogens is 364 g/mol. The van der Waals surface area contributed by atoms with Crippen molar-refractivity contribution in [2.24, 2.45) is 0 Å². The monoisotopic (exact) mass is 386 g/mol. The van der Waals surface area contributed by atoms with E-state index < -0.39 is 0 Å². The van der Waals surface area contributed by atoms with Gasteiger partial charge in [0.05, 0.1) is 6.54 Å². The van der Waals surface area contributed by atoms with Gasteiger partial charge in [0.1, 0.15) is 5.69 Å². The van der Waals surface area contributed by atoms with E-state index in [1.165, 1.54) is 16.8 Å². The molecule has 4 aromatic rings. The van der Waals surface area contributed by atoms with E-state index in [1.807, 2.05) is 55.6 Å². The molecule has 0 aliphatic carbocycles. The summed E-state index contributed by atoms with van der Waals surface area (Å²) in [5, 5.41) is 8.29. The minimum Gasteiger partial charge on any atom is -0.361 e. The number of carbonyl (C=O) groups is 1. The number of para-hydroxylation sites is 1. The molecule has 6 heteroatoms. The lowest BCUT2D eigenvalue weighted by molar-refractivity contribution is 0.0946. The Morgan fingerprint density at radius 1 is 1.07 bits per heavy atom. The van der Waals surface area contributed by atoms with Gasteiger partial charge in [0.15, 0.2) is 0 Å². The highest BCUT2D eigenvalue weighted by Crippen LogP contribution is 2.17. The van der Waals surface area contributed by atoms with Crippen molar-refractivity contribution in [2.75, 3.05) is 6.54 Å². The van der Waals surface area contributed by atoms with Crippen molar-refractivity contribution in [3.63, 3.8) is 0 Å². The smallest absolute Gasteiger partial charge is 0.271 e. The molecule has 0 spiro atoms. The van der Waals surface area contributed by atoms with Crippen molar-refractivity contribution in [3.8, 4) is 0 Å². The number of aromatic amines is 1. The summed E-state index contributed by atoms with van der Waals surface area (Å²) >= 11 is 0. The van der Waals surface area contributed by atoms with Crippen molar-refractivity contribution in [2.45, 2.75) is 19.9 Å². The predicted molar refractivity (Wildman–Crippen MR) is 113 cm³/mol. The fourth-order valence-corrected chi connectivity index (χ4v) is 3.29. The van der Waals surface area contributed by atoms with E-state index >= 15 is 0 Å². The van der Waals surface area contributed by atoms with Crippen LogP contribution in [0.15, 0.2) is 71.7 Å². The molecule has 0 aliphatic heterocycles. The molecule has 2 N–H and O–H groups in total. The average molecular weight is 386 g/mol. The van der Waals surface area contributed by atoms with E-state index in [1.54, 1.807) is 0 Å². The summed E-state index contributed by atoms with van der Waals surface area (Å²) < 4.78 is 1.32. The molecule has 0 saturated heterocycles. The van der Waals surface area contributed by atoms with Crippen molar-refractivity contribution in [3.05, 3.63) is 99.6 Å². The Kier molecular flexibility index (Phi) is 5.24. The van der Waals surface area contributed by atoms with E-state index in [2.05, 4.69) is 21.5 Å². The van der Waals surface area contributed by atoms with Crippen LogP contribution in [0.25, 0.3) is 10.9 Å². The Bertz CT molecular complexity index is 1210. The van der Waals surface area contributed by atoms with Gasteiger partial charge in [-0.2, -0.15) is 5.10 Å². The van der Waals surface area contributed by atoms with Crippen LogP contribution in [0.4, 0.5) is 0 Å². The molecule has 2 aromatic carbocycles. The number of carbonyl (C=O) groups excluding carboxylic acids is 1. The number of hydrogen-bond donors (Lipinski definition) is 2. The van der Waals surface area contributed by atoms with Gasteiger partial charge in [0.2, 0.25) is 0 Å². The zero-order chi connectivity index (χ0) is 20.2. The first-order valence-corrected chi connectivity index (χ1v) is 9.57. The third-order valence-electron chi connectivity index (χ3n) is 4.91. The number of nitrogens with one attached hydrogen (secondary N) is 2. The first kappa shape index (κ1) is 18.7. The molecule has 1 amide bonds. The van der Waals surface area contributed by atoms with Crippen LogP contribution in [0.1, 0.15) is 27.2 Å². The fraction of sp³-hybridized carbons (Fsp3) is 0.174. The molecule has 0 atom stereocenters. The van der Waals surface area contributed by atoms with Crippen molar-refractivity contribution < 1.29 is 4.79 Å². The molecule has 146 valence electrons. The van der Waals surface area contributed by atoms with Gasteiger partial charge in [0.25, 0.3) is 11.5 Å². The van der Waals surface area contributed by atoms with Crippen LogP contribution < -0.4 is 10.9 Å². The van der Waals surface area contributed by atoms with Crippen LogP contribution in [-0.2, 0) is 13.0 Å². The van der Waals surface area contributed by atoms with Gasteiger partial charge in [-0.1, -0.05) is 48.0 Å². The standard InChI is InChI=1S/C23H22N4O2/c1-16-6-8-17(9-7-16)15-27-22(28)11-10-21(26-27)23(29)24-13-12-18-14-25-20-5-3-2-4-19(18)20/h2-11,14,25H,12-13,15H2,1H3,(H,24,29). The molecule has 0 unspecified atom stereocenters. The topological polar surface area (TPSA) is 79.8 Å². The lowest BCUT2D eigenvalue weighted by Gasteiger charge is -2.08. The Hall–Kier alpha value is -3.67. The van der Waals surface area contributed by atoms with E-state index in [0.29, 0.717) is 19.5 Å². The third-order valence-corrected chi connectivity index (χ3v) is 4.91. The van der Waals surface area contributed by atoms with Crippen LogP contribution in [-0.4, -0.2) is 27.2 Å². The van der Waals surface area contributed by atoms with Gasteiger partial charge in [-0.3, -0.25) is 9.59 Å². The number of hydrogen-bond acceptors (Lipinski definition) is 3. The number of nitrogens with zero attached hydrogens (tertiary/aromatic N) is 2. The molecule has 0 fully saturated rings. The minimum atomic E-state index is -0.289. The lowest BCUT2D eigenvalue weighted by Crippen LogP contribution is -2.30. The quantitative estimate of drug-likeness (QED) is 0.534. The molecule has 0 bridgehead atoms. The molecule has 0 saturated carbocycles. The second kappa shape index (κ2) is 8.14. The van der Waals surface area contributed by atoms with E-state index in [9.17, 15) is 9.59 Å². The number of fused-ring (bicyclic) bond motifs is 1.